The Balaban J connectivity index is 2.00. The van der Waals surface area contributed by atoms with Gasteiger partial charge >= 0.3 is 6.09 Å². The number of hydrogen-bond donors (Lipinski definition) is 2. The zero-order valence-corrected chi connectivity index (χ0v) is 17.5. The van der Waals surface area contributed by atoms with Crippen molar-refractivity contribution in [3.8, 4) is 0 Å². The van der Waals surface area contributed by atoms with Crippen LogP contribution in [-0.2, 0) is 20.9 Å². The fourth-order valence-corrected chi connectivity index (χ4v) is 3.27. The Kier molecular flexibility index (Phi) is 8.30. The maximum Gasteiger partial charge on any atom is 0.408 e. The molecular formula is C22H34N2O4. The first kappa shape index (κ1) is 22.2. The van der Waals surface area contributed by atoms with Crippen LogP contribution in [0.5, 0.6) is 0 Å². The highest BCUT2D eigenvalue weighted by atomic mass is 16.6. The number of benzene rings is 1. The van der Waals surface area contributed by atoms with E-state index in [1.54, 1.807) is 27.7 Å². The van der Waals surface area contributed by atoms with Crippen LogP contribution in [0, 0.1) is 0 Å². The second kappa shape index (κ2) is 10.5. The topological polar surface area (TPSA) is 76.7 Å². The largest absolute Gasteiger partial charge is 0.444 e. The first-order valence-corrected chi connectivity index (χ1v) is 10.2. The van der Waals surface area contributed by atoms with Gasteiger partial charge in [0.15, 0.2) is 0 Å². The maximum absolute atomic E-state index is 12.9. The number of ether oxygens (including phenoxy) is 2. The SMILES string of the molecule is C[C@H](OCc1ccccc1)[C@H](NC(=O)OC(C)(C)C)C(=O)NC1CCCCC1. The summed E-state index contributed by atoms with van der Waals surface area (Å²) >= 11 is 0. The van der Waals surface area contributed by atoms with Gasteiger partial charge in [-0.3, -0.25) is 4.79 Å². The van der Waals surface area contributed by atoms with E-state index < -0.39 is 23.8 Å². The third-order valence-electron chi connectivity index (χ3n) is 4.73. The standard InChI is InChI=1S/C22H34N2O4/c1-16(27-15-17-11-7-5-8-12-17)19(24-21(26)28-22(2,3)4)20(25)23-18-13-9-6-10-14-18/h5,7-8,11-12,16,18-19H,6,9-10,13-15H2,1-4H3,(H,23,25)(H,24,26)/t16-,19-/m0/s1. The number of alkyl carbamates (subject to hydrolysis) is 1. The van der Waals surface area contributed by atoms with Gasteiger partial charge in [-0.15, -0.1) is 0 Å². The summed E-state index contributed by atoms with van der Waals surface area (Å²) in [7, 11) is 0. The van der Waals surface area contributed by atoms with Crippen molar-refractivity contribution in [2.24, 2.45) is 0 Å². The van der Waals surface area contributed by atoms with Crippen LogP contribution in [0.25, 0.3) is 0 Å². The van der Waals surface area contributed by atoms with Gasteiger partial charge < -0.3 is 20.1 Å². The predicted molar refractivity (Wildman–Crippen MR) is 109 cm³/mol. The van der Waals surface area contributed by atoms with Crippen LogP contribution in [-0.4, -0.2) is 35.8 Å². The normalized spacial score (nSPS) is 17.4. The molecule has 6 nitrogen and oxygen atoms in total. The second-order valence-electron chi connectivity index (χ2n) is 8.47. The molecule has 0 aromatic heterocycles. The lowest BCUT2D eigenvalue weighted by atomic mass is 9.95. The molecule has 0 radical (unpaired) electrons. The molecule has 2 atom stereocenters. The van der Waals surface area contributed by atoms with Crippen molar-refractivity contribution in [1.82, 2.24) is 10.6 Å². The lowest BCUT2D eigenvalue weighted by molar-refractivity contribution is -0.128. The molecule has 0 bridgehead atoms. The Morgan fingerprint density at radius 1 is 1.11 bits per heavy atom. The number of carbonyl (C=O) groups is 2. The summed E-state index contributed by atoms with van der Waals surface area (Å²) in [5.41, 5.74) is 0.376. The fourth-order valence-electron chi connectivity index (χ4n) is 3.27. The Bertz CT molecular complexity index is 621. The number of rotatable bonds is 7. The van der Waals surface area contributed by atoms with Crippen molar-refractivity contribution >= 4 is 12.0 Å². The molecule has 156 valence electrons. The van der Waals surface area contributed by atoms with E-state index in [9.17, 15) is 9.59 Å². The summed E-state index contributed by atoms with van der Waals surface area (Å²) in [5, 5.41) is 5.78. The molecule has 1 aliphatic rings. The molecule has 0 spiro atoms. The molecule has 2 amide bonds. The molecule has 1 aliphatic carbocycles. The van der Waals surface area contributed by atoms with Crippen LogP contribution >= 0.6 is 0 Å². The van der Waals surface area contributed by atoms with Gasteiger partial charge in [-0.25, -0.2) is 4.79 Å². The summed E-state index contributed by atoms with van der Waals surface area (Å²) in [6.45, 7) is 7.54. The molecule has 1 aromatic carbocycles. The summed E-state index contributed by atoms with van der Waals surface area (Å²) < 4.78 is 11.2. The number of hydrogen-bond acceptors (Lipinski definition) is 4. The van der Waals surface area contributed by atoms with Crippen LogP contribution < -0.4 is 10.6 Å². The van der Waals surface area contributed by atoms with Crippen molar-refractivity contribution in [2.45, 2.75) is 90.2 Å². The molecule has 0 unspecified atom stereocenters. The summed E-state index contributed by atoms with van der Waals surface area (Å²) in [4.78, 5) is 25.2. The Hall–Kier alpha value is -2.08. The van der Waals surface area contributed by atoms with E-state index in [0.717, 1.165) is 31.2 Å². The molecule has 0 heterocycles. The minimum absolute atomic E-state index is 0.158. The molecule has 6 heteroatoms. The van der Waals surface area contributed by atoms with Gasteiger partial charge in [-0.1, -0.05) is 49.6 Å². The summed E-state index contributed by atoms with van der Waals surface area (Å²) in [6.07, 6.45) is 4.28. The molecule has 28 heavy (non-hydrogen) atoms. The lowest BCUT2D eigenvalue weighted by Crippen LogP contribution is -2.55. The van der Waals surface area contributed by atoms with Gasteiger partial charge in [0.1, 0.15) is 11.6 Å². The van der Waals surface area contributed by atoms with Crippen LogP contribution in [0.15, 0.2) is 30.3 Å². The van der Waals surface area contributed by atoms with Crippen molar-refractivity contribution in [3.05, 3.63) is 35.9 Å². The number of amides is 2. The van der Waals surface area contributed by atoms with E-state index in [2.05, 4.69) is 10.6 Å². The lowest BCUT2D eigenvalue weighted by Gasteiger charge is -2.29. The zero-order valence-electron chi connectivity index (χ0n) is 17.5. The summed E-state index contributed by atoms with van der Waals surface area (Å²) in [6, 6.07) is 9.09. The van der Waals surface area contributed by atoms with Crippen molar-refractivity contribution < 1.29 is 19.1 Å². The highest BCUT2D eigenvalue weighted by molar-refractivity contribution is 5.86. The van der Waals surface area contributed by atoms with Crippen LogP contribution in [0.4, 0.5) is 4.79 Å². The van der Waals surface area contributed by atoms with Crippen molar-refractivity contribution in [1.29, 1.82) is 0 Å². The fraction of sp³-hybridized carbons (Fsp3) is 0.636. The van der Waals surface area contributed by atoms with Gasteiger partial charge in [0, 0.05) is 6.04 Å². The first-order chi connectivity index (χ1) is 13.2. The number of nitrogens with one attached hydrogen (secondary N) is 2. The van der Waals surface area contributed by atoms with E-state index in [4.69, 9.17) is 9.47 Å². The van der Waals surface area contributed by atoms with Crippen molar-refractivity contribution in [3.63, 3.8) is 0 Å². The third-order valence-corrected chi connectivity index (χ3v) is 4.73. The van der Waals surface area contributed by atoms with Gasteiger partial charge in [-0.2, -0.15) is 0 Å². The van der Waals surface area contributed by atoms with E-state index in [-0.39, 0.29) is 11.9 Å². The van der Waals surface area contributed by atoms with Gasteiger partial charge in [-0.05, 0) is 46.1 Å². The van der Waals surface area contributed by atoms with Crippen LogP contribution in [0.2, 0.25) is 0 Å². The van der Waals surface area contributed by atoms with Crippen LogP contribution in [0.1, 0.15) is 65.4 Å². The molecule has 2 rings (SSSR count). The average Bonchev–Trinajstić information content (AvgIpc) is 2.64. The third kappa shape index (κ3) is 7.89. The second-order valence-corrected chi connectivity index (χ2v) is 8.47. The van der Waals surface area contributed by atoms with E-state index >= 15 is 0 Å². The van der Waals surface area contributed by atoms with Crippen molar-refractivity contribution in [2.75, 3.05) is 0 Å². The molecule has 1 aromatic rings. The molecule has 2 N–H and O–H groups in total. The smallest absolute Gasteiger partial charge is 0.408 e. The molecular weight excluding hydrogens is 356 g/mol. The highest BCUT2D eigenvalue weighted by Crippen LogP contribution is 2.18. The highest BCUT2D eigenvalue weighted by Gasteiger charge is 2.31. The quantitative estimate of drug-likeness (QED) is 0.739. The molecule has 0 aliphatic heterocycles. The summed E-state index contributed by atoms with van der Waals surface area (Å²) in [5.74, 6) is -0.224. The van der Waals surface area contributed by atoms with E-state index in [1.807, 2.05) is 30.3 Å². The minimum atomic E-state index is -0.819. The van der Waals surface area contributed by atoms with E-state index in [1.165, 1.54) is 6.42 Å². The molecule has 0 saturated heterocycles. The van der Waals surface area contributed by atoms with Crippen LogP contribution in [0.3, 0.4) is 0 Å². The monoisotopic (exact) mass is 390 g/mol. The Labute approximate surface area is 168 Å². The maximum atomic E-state index is 12.9. The van der Waals surface area contributed by atoms with E-state index in [0.29, 0.717) is 6.61 Å². The molecule has 1 fully saturated rings. The Morgan fingerprint density at radius 3 is 2.36 bits per heavy atom. The minimum Gasteiger partial charge on any atom is -0.444 e. The molecule has 1 saturated carbocycles. The van der Waals surface area contributed by atoms with Gasteiger partial charge in [0.25, 0.3) is 0 Å². The zero-order chi connectivity index (χ0) is 20.6. The average molecular weight is 391 g/mol. The predicted octanol–water partition coefficient (Wildman–Crippen LogP) is 3.93. The number of carbonyl (C=O) groups excluding carboxylic acids is 2. The van der Waals surface area contributed by atoms with Gasteiger partial charge in [0.2, 0.25) is 5.91 Å². The Morgan fingerprint density at radius 2 is 1.75 bits per heavy atom. The van der Waals surface area contributed by atoms with Gasteiger partial charge in [0.05, 0.1) is 12.7 Å². The first-order valence-electron chi connectivity index (χ1n) is 10.2.